The molecule has 0 unspecified atom stereocenters. The molecule has 3 heterocycles. The summed E-state index contributed by atoms with van der Waals surface area (Å²) in [6, 6.07) is 11.2. The van der Waals surface area contributed by atoms with E-state index in [2.05, 4.69) is 0 Å². The maximum absolute atomic E-state index is 15.0. The molecule has 1 saturated carbocycles. The fraction of sp³-hybridized carbons (Fsp3) is 0.308. The molecule has 1 N–H and O–H groups in total. The predicted molar refractivity (Wildman–Crippen MR) is 125 cm³/mol. The number of pyridine rings is 1. The first-order valence-electron chi connectivity index (χ1n) is 11.4. The molecule has 1 aliphatic carbocycles. The van der Waals surface area contributed by atoms with Gasteiger partial charge in [0, 0.05) is 35.0 Å². The highest BCUT2D eigenvalue weighted by Gasteiger charge is 2.50. The fourth-order valence-electron chi connectivity index (χ4n) is 5.79. The van der Waals surface area contributed by atoms with E-state index < -0.39 is 34.3 Å². The van der Waals surface area contributed by atoms with E-state index in [0.717, 1.165) is 29.4 Å². The van der Waals surface area contributed by atoms with Gasteiger partial charge >= 0.3 is 0 Å². The molecule has 6 rings (SSSR count). The molecule has 5 nitrogen and oxygen atoms in total. The molecule has 0 saturated heterocycles. The van der Waals surface area contributed by atoms with Crippen LogP contribution in [0.2, 0.25) is 0 Å². The van der Waals surface area contributed by atoms with Gasteiger partial charge in [-0.25, -0.2) is 8.78 Å². The van der Waals surface area contributed by atoms with Crippen LogP contribution in [0.3, 0.4) is 0 Å². The second-order valence-electron chi connectivity index (χ2n) is 9.29. The van der Waals surface area contributed by atoms with Crippen LogP contribution < -0.4 is 10.4 Å². The van der Waals surface area contributed by atoms with Gasteiger partial charge in [-0.15, -0.1) is 11.8 Å². The smallest absolute Gasteiger partial charge is 0.224 e. The zero-order chi connectivity index (χ0) is 23.6. The Morgan fingerprint density at radius 2 is 1.76 bits per heavy atom. The largest absolute Gasteiger partial charge is 0.503 e. The van der Waals surface area contributed by atoms with Crippen molar-refractivity contribution in [3.63, 3.8) is 0 Å². The van der Waals surface area contributed by atoms with Crippen LogP contribution in [0, 0.1) is 17.0 Å². The Hall–Kier alpha value is -3.13. The Morgan fingerprint density at radius 1 is 1.00 bits per heavy atom. The summed E-state index contributed by atoms with van der Waals surface area (Å²) in [7, 11) is 0. The van der Waals surface area contributed by atoms with Crippen molar-refractivity contribution in [3.8, 4) is 5.75 Å². The summed E-state index contributed by atoms with van der Waals surface area (Å²) >= 11 is 1.45. The third-order valence-corrected chi connectivity index (χ3v) is 8.58. The van der Waals surface area contributed by atoms with Gasteiger partial charge in [0.05, 0.1) is 11.5 Å². The van der Waals surface area contributed by atoms with Gasteiger partial charge in [-0.2, -0.15) is 0 Å². The second-order valence-corrected chi connectivity index (χ2v) is 10.3. The lowest BCUT2D eigenvalue weighted by Gasteiger charge is -2.46. The van der Waals surface area contributed by atoms with Crippen LogP contribution >= 0.6 is 11.8 Å². The number of carbonyl (C=O) groups excluding carboxylic acids is 1. The van der Waals surface area contributed by atoms with Crippen LogP contribution in [0.25, 0.3) is 0 Å². The summed E-state index contributed by atoms with van der Waals surface area (Å²) < 4.78 is 30.8. The van der Waals surface area contributed by atoms with Gasteiger partial charge in [-0.1, -0.05) is 37.1 Å². The minimum absolute atomic E-state index is 0.0286. The van der Waals surface area contributed by atoms with Gasteiger partial charge in [0.1, 0.15) is 0 Å². The lowest BCUT2D eigenvalue weighted by atomic mass is 9.77. The van der Waals surface area contributed by atoms with Gasteiger partial charge in [-0.05, 0) is 36.1 Å². The number of Topliss-reactive ketones (excluding diaryl/α,β-unsaturated/α-hetero) is 1. The minimum atomic E-state index is -0.896. The average molecular weight is 481 g/mol. The van der Waals surface area contributed by atoms with Crippen molar-refractivity contribution >= 4 is 17.5 Å². The van der Waals surface area contributed by atoms with E-state index in [-0.39, 0.29) is 22.8 Å². The number of rotatable bonds is 1. The van der Waals surface area contributed by atoms with Crippen LogP contribution in [0.1, 0.15) is 58.9 Å². The molecule has 1 atom stereocenters. The Kier molecular flexibility index (Phi) is 4.85. The fourth-order valence-corrected chi connectivity index (χ4v) is 6.91. The highest BCUT2D eigenvalue weighted by Crippen LogP contribution is 2.49. The summed E-state index contributed by atoms with van der Waals surface area (Å²) in [6.07, 6.45) is 4.56. The third-order valence-electron chi connectivity index (χ3n) is 7.46. The first kappa shape index (κ1) is 21.4. The molecule has 1 aromatic heterocycles. The second kappa shape index (κ2) is 7.70. The topological polar surface area (TPSA) is 62.5 Å². The number of fused-ring (bicyclic) bond motifs is 3. The molecule has 0 amide bonds. The lowest BCUT2D eigenvalue weighted by molar-refractivity contribution is 0.0741. The van der Waals surface area contributed by atoms with Gasteiger partial charge in [0.2, 0.25) is 5.43 Å². The highest BCUT2D eigenvalue weighted by molar-refractivity contribution is 7.98. The Morgan fingerprint density at radius 3 is 2.56 bits per heavy atom. The third kappa shape index (κ3) is 2.97. The van der Waals surface area contributed by atoms with E-state index in [1.54, 1.807) is 10.7 Å². The first-order valence-corrected chi connectivity index (χ1v) is 12.3. The molecular weight excluding hydrogens is 458 g/mol. The number of benzene rings is 2. The van der Waals surface area contributed by atoms with Gasteiger partial charge in [0.25, 0.3) is 0 Å². The van der Waals surface area contributed by atoms with Gasteiger partial charge < -0.3 is 5.11 Å². The summed E-state index contributed by atoms with van der Waals surface area (Å²) in [5, 5.41) is 12.7. The molecular formula is C26H22F2N2O3S. The predicted octanol–water partition coefficient (Wildman–Crippen LogP) is 4.92. The van der Waals surface area contributed by atoms with Gasteiger partial charge in [0.15, 0.2) is 28.9 Å². The summed E-state index contributed by atoms with van der Waals surface area (Å²) in [6.45, 7) is 0.350. The van der Waals surface area contributed by atoms with Crippen molar-refractivity contribution in [3.05, 3.63) is 92.9 Å². The number of carbonyl (C=O) groups is 1. The van der Waals surface area contributed by atoms with Crippen LogP contribution in [0.4, 0.5) is 8.78 Å². The van der Waals surface area contributed by atoms with Crippen molar-refractivity contribution in [2.45, 2.75) is 42.4 Å². The molecule has 34 heavy (non-hydrogen) atoms. The monoisotopic (exact) mass is 480 g/mol. The average Bonchev–Trinajstić information content (AvgIpc) is 3.24. The van der Waals surface area contributed by atoms with E-state index in [1.807, 2.05) is 29.3 Å². The SMILES string of the molecule is O=C1c2c(O)c(=O)ccn2N([C@@H]2c3ccccc3SCc3c2ccc(F)c3F)CC12CCCC2. The van der Waals surface area contributed by atoms with E-state index >= 15 is 4.39 Å². The van der Waals surface area contributed by atoms with Crippen LogP contribution in [0.5, 0.6) is 5.75 Å². The molecule has 174 valence electrons. The summed E-state index contributed by atoms with van der Waals surface area (Å²) in [5.74, 6) is -2.28. The number of halogens is 2. The molecule has 1 spiro atoms. The molecule has 3 aromatic rings. The van der Waals surface area contributed by atoms with E-state index in [0.29, 0.717) is 24.9 Å². The standard InChI is InChI=1S/C26H22F2N2O3S/c27-18-8-7-15-17(21(18)28)13-34-20-6-2-1-5-16(20)22(15)30-14-26(10-3-4-11-26)25(33)23-24(32)19(31)9-12-29(23)30/h1-2,5-9,12,22,32H,3-4,10-11,13-14H2/t22-/m0/s1. The zero-order valence-electron chi connectivity index (χ0n) is 18.3. The molecule has 8 heteroatoms. The Bertz CT molecular complexity index is 1400. The number of aromatic hydroxyl groups is 1. The highest BCUT2D eigenvalue weighted by atomic mass is 32.2. The number of ketones is 1. The molecule has 0 radical (unpaired) electrons. The summed E-state index contributed by atoms with van der Waals surface area (Å²) in [5.41, 5.74) is 0.430. The normalized spacial score (nSPS) is 20.6. The number of nitrogens with zero attached hydrogens (tertiary/aromatic N) is 2. The Balaban J connectivity index is 1.65. The Labute approximate surface area is 199 Å². The van der Waals surface area contributed by atoms with Crippen molar-refractivity contribution in [1.29, 1.82) is 0 Å². The maximum atomic E-state index is 15.0. The quantitative estimate of drug-likeness (QED) is 0.536. The lowest BCUT2D eigenvalue weighted by Crippen LogP contribution is -2.55. The number of hydrogen-bond donors (Lipinski definition) is 1. The van der Waals surface area contributed by atoms with Crippen LogP contribution in [-0.4, -0.2) is 22.1 Å². The number of aromatic nitrogens is 1. The minimum Gasteiger partial charge on any atom is -0.503 e. The first-order chi connectivity index (χ1) is 16.4. The van der Waals surface area contributed by atoms with Crippen molar-refractivity contribution in [1.82, 2.24) is 4.68 Å². The molecule has 3 aliphatic rings. The molecule has 1 fully saturated rings. The zero-order valence-corrected chi connectivity index (χ0v) is 19.1. The van der Waals surface area contributed by atoms with Crippen molar-refractivity contribution < 1.29 is 18.7 Å². The molecule has 0 bridgehead atoms. The number of thioether (sulfide) groups is 1. The van der Waals surface area contributed by atoms with Crippen LogP contribution in [-0.2, 0) is 5.75 Å². The van der Waals surface area contributed by atoms with Crippen LogP contribution in [0.15, 0.2) is 58.4 Å². The van der Waals surface area contributed by atoms with E-state index in [9.17, 15) is 19.1 Å². The number of hydrogen-bond acceptors (Lipinski definition) is 5. The van der Waals surface area contributed by atoms with Gasteiger partial charge in [-0.3, -0.25) is 19.3 Å². The van der Waals surface area contributed by atoms with E-state index in [4.69, 9.17) is 0 Å². The molecule has 2 aliphatic heterocycles. The van der Waals surface area contributed by atoms with Crippen molar-refractivity contribution in [2.24, 2.45) is 5.41 Å². The maximum Gasteiger partial charge on any atom is 0.224 e. The van der Waals surface area contributed by atoms with Crippen molar-refractivity contribution in [2.75, 3.05) is 11.6 Å². The molecule has 2 aromatic carbocycles. The van der Waals surface area contributed by atoms with E-state index in [1.165, 1.54) is 24.0 Å². The summed E-state index contributed by atoms with van der Waals surface area (Å²) in [4.78, 5) is 26.9.